The van der Waals surface area contributed by atoms with E-state index in [1.54, 1.807) is 36.4 Å². The minimum Gasteiger partial charge on any atom is -0.493 e. The maximum absolute atomic E-state index is 13.0. The predicted octanol–water partition coefficient (Wildman–Crippen LogP) is 4.00. The number of hydrogen-bond donors (Lipinski definition) is 2. The van der Waals surface area contributed by atoms with Crippen molar-refractivity contribution >= 4 is 23.4 Å². The standard InChI is InChI=1S/C23H29ClN2O5/c1-13(2)20(26-22(27)15-7-9-17(24)10-8-15)23(28)25-14(3)16-11-18(29-4)21(31-6)19(12-16)30-5/h7-14,20H,1-6H3,(H,25,28)(H,26,27). The van der Waals surface area contributed by atoms with Gasteiger partial charge in [0.2, 0.25) is 11.7 Å². The molecule has 8 heteroatoms. The smallest absolute Gasteiger partial charge is 0.251 e. The van der Waals surface area contributed by atoms with Gasteiger partial charge in [0, 0.05) is 10.6 Å². The second-order valence-corrected chi connectivity index (χ2v) is 7.83. The van der Waals surface area contributed by atoms with E-state index in [0.717, 1.165) is 5.56 Å². The second kappa shape index (κ2) is 10.9. The second-order valence-electron chi connectivity index (χ2n) is 7.39. The Kier molecular flexibility index (Phi) is 8.56. The lowest BCUT2D eigenvalue weighted by Crippen LogP contribution is -2.50. The molecule has 0 spiro atoms. The van der Waals surface area contributed by atoms with Gasteiger partial charge < -0.3 is 24.8 Å². The number of hydrogen-bond acceptors (Lipinski definition) is 5. The van der Waals surface area contributed by atoms with E-state index < -0.39 is 6.04 Å². The Morgan fingerprint density at radius 1 is 0.871 bits per heavy atom. The van der Waals surface area contributed by atoms with Gasteiger partial charge >= 0.3 is 0 Å². The van der Waals surface area contributed by atoms with Crippen LogP contribution in [0.2, 0.25) is 5.02 Å². The molecule has 0 heterocycles. The lowest BCUT2D eigenvalue weighted by Gasteiger charge is -2.25. The molecule has 0 bridgehead atoms. The molecule has 2 amide bonds. The van der Waals surface area contributed by atoms with Crippen LogP contribution in [0.5, 0.6) is 17.2 Å². The van der Waals surface area contributed by atoms with Gasteiger partial charge in [-0.25, -0.2) is 0 Å². The zero-order chi connectivity index (χ0) is 23.1. The largest absolute Gasteiger partial charge is 0.493 e. The Bertz CT molecular complexity index is 890. The van der Waals surface area contributed by atoms with E-state index in [0.29, 0.717) is 27.8 Å². The monoisotopic (exact) mass is 448 g/mol. The van der Waals surface area contributed by atoms with Crippen molar-refractivity contribution in [2.45, 2.75) is 32.9 Å². The molecular formula is C23H29ClN2O5. The molecule has 0 saturated carbocycles. The van der Waals surface area contributed by atoms with E-state index in [1.165, 1.54) is 21.3 Å². The van der Waals surface area contributed by atoms with Crippen molar-refractivity contribution in [3.63, 3.8) is 0 Å². The highest BCUT2D eigenvalue weighted by molar-refractivity contribution is 6.30. The average molecular weight is 449 g/mol. The molecule has 168 valence electrons. The summed E-state index contributed by atoms with van der Waals surface area (Å²) in [6.07, 6.45) is 0. The summed E-state index contributed by atoms with van der Waals surface area (Å²) in [5.74, 6) is 0.708. The van der Waals surface area contributed by atoms with Crippen molar-refractivity contribution in [2.24, 2.45) is 5.92 Å². The Morgan fingerprint density at radius 3 is 1.87 bits per heavy atom. The minimum absolute atomic E-state index is 0.122. The molecule has 31 heavy (non-hydrogen) atoms. The van der Waals surface area contributed by atoms with Crippen LogP contribution in [0, 0.1) is 5.92 Å². The maximum atomic E-state index is 13.0. The molecule has 0 aliphatic carbocycles. The zero-order valence-electron chi connectivity index (χ0n) is 18.6. The van der Waals surface area contributed by atoms with E-state index >= 15 is 0 Å². The van der Waals surface area contributed by atoms with Crippen LogP contribution >= 0.6 is 11.6 Å². The van der Waals surface area contributed by atoms with Gasteiger partial charge in [-0.2, -0.15) is 0 Å². The summed E-state index contributed by atoms with van der Waals surface area (Å²) in [6.45, 7) is 5.59. The third kappa shape index (κ3) is 6.04. The number of rotatable bonds is 9. The first-order valence-electron chi connectivity index (χ1n) is 9.88. The lowest BCUT2D eigenvalue weighted by atomic mass is 10.0. The van der Waals surface area contributed by atoms with Crippen LogP contribution in [-0.2, 0) is 4.79 Å². The number of carbonyl (C=O) groups excluding carboxylic acids is 2. The van der Waals surface area contributed by atoms with E-state index in [9.17, 15) is 9.59 Å². The average Bonchev–Trinajstić information content (AvgIpc) is 2.76. The highest BCUT2D eigenvalue weighted by Crippen LogP contribution is 2.39. The van der Waals surface area contributed by atoms with Crippen LogP contribution < -0.4 is 24.8 Å². The van der Waals surface area contributed by atoms with Gasteiger partial charge in [-0.15, -0.1) is 0 Å². The Balaban J connectivity index is 2.18. The first-order chi connectivity index (χ1) is 14.7. The lowest BCUT2D eigenvalue weighted by molar-refractivity contribution is -0.124. The molecule has 7 nitrogen and oxygen atoms in total. The van der Waals surface area contributed by atoms with Crippen molar-refractivity contribution in [1.82, 2.24) is 10.6 Å². The van der Waals surface area contributed by atoms with Crippen LogP contribution in [0.4, 0.5) is 0 Å². The molecule has 0 aromatic heterocycles. The Hall–Kier alpha value is -2.93. The Morgan fingerprint density at radius 2 is 1.42 bits per heavy atom. The van der Waals surface area contributed by atoms with E-state index in [1.807, 2.05) is 20.8 Å². The molecule has 2 aromatic carbocycles. The van der Waals surface area contributed by atoms with Crippen LogP contribution in [0.1, 0.15) is 42.7 Å². The van der Waals surface area contributed by atoms with E-state index in [-0.39, 0.29) is 23.8 Å². The molecule has 0 fully saturated rings. The summed E-state index contributed by atoms with van der Waals surface area (Å²) < 4.78 is 16.1. The van der Waals surface area contributed by atoms with Crippen LogP contribution in [0.3, 0.4) is 0 Å². The zero-order valence-corrected chi connectivity index (χ0v) is 19.4. The normalized spacial score (nSPS) is 12.6. The van der Waals surface area contributed by atoms with Gasteiger partial charge in [0.1, 0.15) is 6.04 Å². The van der Waals surface area contributed by atoms with Crippen molar-refractivity contribution in [2.75, 3.05) is 21.3 Å². The minimum atomic E-state index is -0.715. The quantitative estimate of drug-likeness (QED) is 0.605. The van der Waals surface area contributed by atoms with Crippen molar-refractivity contribution in [3.05, 3.63) is 52.5 Å². The van der Waals surface area contributed by atoms with Crippen molar-refractivity contribution < 1.29 is 23.8 Å². The first-order valence-corrected chi connectivity index (χ1v) is 10.3. The topological polar surface area (TPSA) is 85.9 Å². The third-order valence-electron chi connectivity index (χ3n) is 4.89. The summed E-state index contributed by atoms with van der Waals surface area (Å²) in [6, 6.07) is 8.98. The van der Waals surface area contributed by atoms with Gasteiger partial charge in [-0.1, -0.05) is 25.4 Å². The number of ether oxygens (including phenoxy) is 3. The van der Waals surface area contributed by atoms with Crippen LogP contribution in [-0.4, -0.2) is 39.2 Å². The van der Waals surface area contributed by atoms with Gasteiger partial charge in [0.15, 0.2) is 11.5 Å². The number of halogens is 1. The molecule has 2 rings (SSSR count). The number of nitrogens with one attached hydrogen (secondary N) is 2. The van der Waals surface area contributed by atoms with Crippen LogP contribution in [0.25, 0.3) is 0 Å². The van der Waals surface area contributed by atoms with Crippen molar-refractivity contribution in [3.8, 4) is 17.2 Å². The molecule has 2 unspecified atom stereocenters. The molecular weight excluding hydrogens is 420 g/mol. The summed E-state index contributed by atoms with van der Waals surface area (Å²) >= 11 is 5.88. The fourth-order valence-electron chi connectivity index (χ4n) is 3.10. The predicted molar refractivity (Wildman–Crippen MR) is 120 cm³/mol. The summed E-state index contributed by atoms with van der Waals surface area (Å²) in [5, 5.41) is 6.30. The Labute approximate surface area is 188 Å². The third-order valence-corrected chi connectivity index (χ3v) is 5.14. The molecule has 0 saturated heterocycles. The molecule has 0 radical (unpaired) electrons. The summed E-state index contributed by atoms with van der Waals surface area (Å²) in [7, 11) is 4.60. The number of methoxy groups -OCH3 is 3. The first kappa shape index (κ1) is 24.3. The van der Waals surface area contributed by atoms with Gasteiger partial charge in [0.25, 0.3) is 5.91 Å². The van der Waals surface area contributed by atoms with Crippen molar-refractivity contribution in [1.29, 1.82) is 0 Å². The maximum Gasteiger partial charge on any atom is 0.251 e. The van der Waals surface area contributed by atoms with Gasteiger partial charge in [0.05, 0.1) is 27.4 Å². The SMILES string of the molecule is COc1cc(C(C)NC(=O)C(NC(=O)c2ccc(Cl)cc2)C(C)C)cc(OC)c1OC. The fraction of sp³-hybridized carbons (Fsp3) is 0.391. The highest BCUT2D eigenvalue weighted by atomic mass is 35.5. The van der Waals surface area contributed by atoms with Gasteiger partial charge in [-0.05, 0) is 54.8 Å². The fourth-order valence-corrected chi connectivity index (χ4v) is 3.22. The number of benzene rings is 2. The summed E-state index contributed by atoms with van der Waals surface area (Å²) in [4.78, 5) is 25.6. The highest BCUT2D eigenvalue weighted by Gasteiger charge is 2.27. The van der Waals surface area contributed by atoms with Gasteiger partial charge in [-0.3, -0.25) is 9.59 Å². The molecule has 0 aliphatic heterocycles. The van der Waals surface area contributed by atoms with Crippen LogP contribution in [0.15, 0.2) is 36.4 Å². The number of amides is 2. The molecule has 2 aromatic rings. The summed E-state index contributed by atoms with van der Waals surface area (Å²) in [5.41, 5.74) is 1.20. The van der Waals surface area contributed by atoms with E-state index in [4.69, 9.17) is 25.8 Å². The molecule has 2 N–H and O–H groups in total. The number of carbonyl (C=O) groups is 2. The van der Waals surface area contributed by atoms with E-state index in [2.05, 4.69) is 10.6 Å². The molecule has 0 aliphatic rings. The molecule has 2 atom stereocenters.